The Morgan fingerprint density at radius 1 is 1.30 bits per heavy atom. The van der Waals surface area contributed by atoms with E-state index in [0.29, 0.717) is 23.5 Å². The average molecular weight is 312 g/mol. The van der Waals surface area contributed by atoms with Crippen molar-refractivity contribution in [3.8, 4) is 0 Å². The first-order valence-corrected chi connectivity index (χ1v) is 8.41. The highest BCUT2D eigenvalue weighted by atomic mass is 16.2. The Morgan fingerprint density at radius 3 is 2.70 bits per heavy atom. The lowest BCUT2D eigenvalue weighted by Gasteiger charge is -2.15. The van der Waals surface area contributed by atoms with Gasteiger partial charge >= 0.3 is 0 Å². The number of aromatic nitrogens is 1. The van der Waals surface area contributed by atoms with E-state index in [1.807, 2.05) is 31.2 Å². The van der Waals surface area contributed by atoms with Crippen LogP contribution >= 0.6 is 0 Å². The molecule has 0 atom stereocenters. The van der Waals surface area contributed by atoms with Crippen LogP contribution in [-0.4, -0.2) is 16.5 Å². The Hall–Kier alpha value is -2.10. The molecule has 1 aliphatic carbocycles. The molecule has 2 aromatic rings. The van der Waals surface area contributed by atoms with Crippen LogP contribution in [0.2, 0.25) is 0 Å². The van der Waals surface area contributed by atoms with Gasteiger partial charge in [0, 0.05) is 18.0 Å². The van der Waals surface area contributed by atoms with Crippen molar-refractivity contribution in [3.63, 3.8) is 0 Å². The monoisotopic (exact) mass is 312 g/mol. The normalized spacial score (nSPS) is 14.4. The second kappa shape index (κ2) is 6.19. The third-order valence-corrected chi connectivity index (χ3v) is 4.34. The van der Waals surface area contributed by atoms with Crippen molar-refractivity contribution in [2.45, 2.75) is 52.6 Å². The zero-order valence-electron chi connectivity index (χ0n) is 14.1. The first-order valence-electron chi connectivity index (χ1n) is 8.41. The van der Waals surface area contributed by atoms with E-state index in [2.05, 4.69) is 19.2 Å². The number of nitrogens with one attached hydrogen (secondary N) is 1. The van der Waals surface area contributed by atoms with Crippen molar-refractivity contribution in [2.24, 2.45) is 5.92 Å². The van der Waals surface area contributed by atoms with Gasteiger partial charge in [0.15, 0.2) is 0 Å². The summed E-state index contributed by atoms with van der Waals surface area (Å²) in [5.41, 5.74) is 1.48. The van der Waals surface area contributed by atoms with Gasteiger partial charge in [-0.05, 0) is 49.6 Å². The van der Waals surface area contributed by atoms with Crippen LogP contribution in [0.4, 0.5) is 0 Å². The molecule has 3 rings (SSSR count). The van der Waals surface area contributed by atoms with Gasteiger partial charge < -0.3 is 9.88 Å². The SMILES string of the molecule is Cc1ccc2cc(C(=O)NC3CC3)n(CCC(C)C)c(=O)c2c1. The Labute approximate surface area is 136 Å². The van der Waals surface area contributed by atoms with Crippen molar-refractivity contribution < 1.29 is 4.79 Å². The maximum Gasteiger partial charge on any atom is 0.268 e. The van der Waals surface area contributed by atoms with Gasteiger partial charge in [0.2, 0.25) is 0 Å². The zero-order valence-corrected chi connectivity index (χ0v) is 14.1. The maximum absolute atomic E-state index is 12.9. The Balaban J connectivity index is 2.10. The number of benzene rings is 1. The van der Waals surface area contributed by atoms with E-state index in [0.717, 1.165) is 30.2 Å². The summed E-state index contributed by atoms with van der Waals surface area (Å²) in [6, 6.07) is 7.94. The predicted octanol–water partition coefficient (Wildman–Crippen LogP) is 3.25. The molecule has 0 saturated heterocycles. The lowest BCUT2D eigenvalue weighted by molar-refractivity contribution is 0.0940. The fourth-order valence-electron chi connectivity index (χ4n) is 2.75. The molecule has 0 aliphatic heterocycles. The van der Waals surface area contributed by atoms with Gasteiger partial charge in [-0.25, -0.2) is 0 Å². The lowest BCUT2D eigenvalue weighted by Crippen LogP contribution is -2.33. The van der Waals surface area contributed by atoms with Gasteiger partial charge in [-0.2, -0.15) is 0 Å². The lowest BCUT2D eigenvalue weighted by atomic mass is 10.1. The Kier molecular flexibility index (Phi) is 4.24. The number of amides is 1. The topological polar surface area (TPSA) is 51.1 Å². The highest BCUT2D eigenvalue weighted by molar-refractivity contribution is 5.97. The average Bonchev–Trinajstić information content (AvgIpc) is 3.30. The minimum Gasteiger partial charge on any atom is -0.348 e. The number of fused-ring (bicyclic) bond motifs is 1. The number of aryl methyl sites for hydroxylation is 1. The summed E-state index contributed by atoms with van der Waals surface area (Å²) in [5, 5.41) is 4.53. The van der Waals surface area contributed by atoms with Crippen LogP contribution in [0.5, 0.6) is 0 Å². The second-order valence-electron chi connectivity index (χ2n) is 7.01. The summed E-state index contributed by atoms with van der Waals surface area (Å²) in [4.78, 5) is 25.5. The van der Waals surface area contributed by atoms with Gasteiger partial charge in [-0.3, -0.25) is 9.59 Å². The summed E-state index contributed by atoms with van der Waals surface area (Å²) >= 11 is 0. The number of carbonyl (C=O) groups excluding carboxylic acids is 1. The molecule has 4 nitrogen and oxygen atoms in total. The van der Waals surface area contributed by atoms with E-state index >= 15 is 0 Å². The molecule has 1 amide bonds. The molecule has 0 radical (unpaired) electrons. The molecule has 0 unspecified atom stereocenters. The van der Waals surface area contributed by atoms with E-state index in [4.69, 9.17) is 0 Å². The number of hydrogen-bond acceptors (Lipinski definition) is 2. The van der Waals surface area contributed by atoms with Gasteiger partial charge in [0.05, 0.1) is 0 Å². The molecule has 23 heavy (non-hydrogen) atoms. The third-order valence-electron chi connectivity index (χ3n) is 4.34. The second-order valence-corrected chi connectivity index (χ2v) is 7.01. The van der Waals surface area contributed by atoms with Crippen LogP contribution in [0.15, 0.2) is 29.1 Å². The predicted molar refractivity (Wildman–Crippen MR) is 92.9 cm³/mol. The molecule has 1 saturated carbocycles. The van der Waals surface area contributed by atoms with Gasteiger partial charge in [-0.1, -0.05) is 31.5 Å². The van der Waals surface area contributed by atoms with E-state index in [9.17, 15) is 9.59 Å². The first-order chi connectivity index (χ1) is 11.0. The molecule has 4 heteroatoms. The number of nitrogens with zero attached hydrogens (tertiary/aromatic N) is 1. The van der Waals surface area contributed by atoms with E-state index in [1.165, 1.54) is 0 Å². The molecule has 1 aromatic carbocycles. The fourth-order valence-corrected chi connectivity index (χ4v) is 2.75. The van der Waals surface area contributed by atoms with E-state index < -0.39 is 0 Å². The van der Waals surface area contributed by atoms with Crippen LogP contribution in [0.25, 0.3) is 10.8 Å². The van der Waals surface area contributed by atoms with Crippen LogP contribution in [0, 0.1) is 12.8 Å². The van der Waals surface area contributed by atoms with Crippen molar-refractivity contribution in [3.05, 3.63) is 45.9 Å². The summed E-state index contributed by atoms with van der Waals surface area (Å²) in [6.45, 7) is 6.80. The molecule has 1 aromatic heterocycles. The van der Waals surface area contributed by atoms with Crippen LogP contribution in [0.3, 0.4) is 0 Å². The summed E-state index contributed by atoms with van der Waals surface area (Å²) in [5.74, 6) is 0.352. The van der Waals surface area contributed by atoms with Gasteiger partial charge in [0.1, 0.15) is 5.69 Å². The molecule has 1 heterocycles. The van der Waals surface area contributed by atoms with Crippen molar-refractivity contribution >= 4 is 16.7 Å². The highest BCUT2D eigenvalue weighted by Crippen LogP contribution is 2.20. The third kappa shape index (κ3) is 3.46. The highest BCUT2D eigenvalue weighted by Gasteiger charge is 2.25. The zero-order chi connectivity index (χ0) is 16.6. The summed E-state index contributed by atoms with van der Waals surface area (Å²) < 4.78 is 1.65. The Morgan fingerprint density at radius 2 is 2.04 bits per heavy atom. The first kappa shape index (κ1) is 15.8. The largest absolute Gasteiger partial charge is 0.348 e. The van der Waals surface area contributed by atoms with Crippen molar-refractivity contribution in [1.29, 1.82) is 0 Å². The molecule has 0 spiro atoms. The standard InChI is InChI=1S/C19H24N2O2/c1-12(2)8-9-21-17(18(22)20-15-6-7-15)11-14-5-4-13(3)10-16(14)19(21)23/h4-5,10-12,15H,6-9H2,1-3H3,(H,20,22). The molecule has 1 aliphatic rings. The van der Waals surface area contributed by atoms with Crippen molar-refractivity contribution in [2.75, 3.05) is 0 Å². The number of hydrogen-bond donors (Lipinski definition) is 1. The number of carbonyl (C=O) groups is 1. The smallest absolute Gasteiger partial charge is 0.268 e. The molecule has 0 bridgehead atoms. The summed E-state index contributed by atoms with van der Waals surface area (Å²) in [6.07, 6.45) is 2.95. The molecular formula is C19H24N2O2. The molecule has 122 valence electrons. The maximum atomic E-state index is 12.9. The van der Waals surface area contributed by atoms with Gasteiger partial charge in [-0.15, -0.1) is 0 Å². The quantitative estimate of drug-likeness (QED) is 0.921. The van der Waals surface area contributed by atoms with Crippen LogP contribution < -0.4 is 10.9 Å². The fraction of sp³-hybridized carbons (Fsp3) is 0.474. The minimum atomic E-state index is -0.129. The number of rotatable bonds is 5. The van der Waals surface area contributed by atoms with Gasteiger partial charge in [0.25, 0.3) is 11.5 Å². The minimum absolute atomic E-state index is 0.0622. The van der Waals surface area contributed by atoms with E-state index in [-0.39, 0.29) is 17.5 Å². The Bertz CT molecular complexity index is 801. The number of pyridine rings is 1. The van der Waals surface area contributed by atoms with E-state index in [1.54, 1.807) is 4.57 Å². The van der Waals surface area contributed by atoms with Crippen LogP contribution in [-0.2, 0) is 6.54 Å². The molecular weight excluding hydrogens is 288 g/mol. The summed E-state index contributed by atoms with van der Waals surface area (Å²) in [7, 11) is 0. The van der Waals surface area contributed by atoms with Crippen molar-refractivity contribution in [1.82, 2.24) is 9.88 Å². The molecule has 1 fully saturated rings. The molecule has 1 N–H and O–H groups in total. The van der Waals surface area contributed by atoms with Crippen LogP contribution in [0.1, 0.15) is 49.2 Å².